The van der Waals surface area contributed by atoms with Crippen molar-refractivity contribution < 1.29 is 24.2 Å². The number of hydrogen-bond donors (Lipinski definition) is 3. The Morgan fingerprint density at radius 3 is 2.04 bits per heavy atom. The molecule has 1 atom stereocenters. The van der Waals surface area contributed by atoms with Gasteiger partial charge in [-0.05, 0) is 77.8 Å². The predicted molar refractivity (Wildman–Crippen MR) is 202 cm³/mol. The van der Waals surface area contributed by atoms with Gasteiger partial charge in [0.05, 0.1) is 13.0 Å². The molecule has 0 fully saturated rings. The van der Waals surface area contributed by atoms with Crippen molar-refractivity contribution in [2.45, 2.75) is 97.9 Å². The molecule has 0 saturated heterocycles. The highest BCUT2D eigenvalue weighted by Gasteiger charge is 2.23. The summed E-state index contributed by atoms with van der Waals surface area (Å²) < 4.78 is 6.15. The quantitative estimate of drug-likeness (QED) is 0.0956. The highest BCUT2D eigenvalue weighted by molar-refractivity contribution is 5.97. The molecule has 0 bridgehead atoms. The lowest BCUT2D eigenvalue weighted by Crippen LogP contribution is -2.48. The van der Waals surface area contributed by atoms with Crippen molar-refractivity contribution in [3.63, 3.8) is 0 Å². The van der Waals surface area contributed by atoms with Gasteiger partial charge in [-0.15, -0.1) is 0 Å². The van der Waals surface area contributed by atoms with Crippen LogP contribution in [0.15, 0.2) is 73.1 Å². The first kappa shape index (κ1) is 38.7. The molecule has 0 aliphatic carbocycles. The van der Waals surface area contributed by atoms with E-state index < -0.39 is 17.9 Å². The van der Waals surface area contributed by atoms with Crippen molar-refractivity contribution in [2.75, 3.05) is 13.2 Å². The van der Waals surface area contributed by atoms with Crippen LogP contribution < -0.4 is 15.4 Å². The molecule has 0 saturated carbocycles. The van der Waals surface area contributed by atoms with Gasteiger partial charge in [0.2, 0.25) is 5.91 Å². The largest absolute Gasteiger partial charge is 0.493 e. The minimum Gasteiger partial charge on any atom is -0.493 e. The summed E-state index contributed by atoms with van der Waals surface area (Å²) in [6, 6.07) is 18.2. The lowest BCUT2D eigenvalue weighted by atomic mass is 9.86. The first-order valence-corrected chi connectivity index (χ1v) is 17.9. The molecular formula is C42H52N4O5. The van der Waals surface area contributed by atoms with Crippen molar-refractivity contribution in [3.8, 4) is 28.3 Å². The summed E-state index contributed by atoms with van der Waals surface area (Å²) in [5.74, 6) is -0.342. The van der Waals surface area contributed by atoms with E-state index in [2.05, 4.69) is 74.3 Å². The molecule has 51 heavy (non-hydrogen) atoms. The molecule has 4 rings (SSSR count). The van der Waals surface area contributed by atoms with E-state index in [0.29, 0.717) is 11.4 Å². The SMILES string of the molecule is CCCCCCCOc1c(C)cc(-c2cnc(-c3ccc(C[C@H](NC(=O)c4ccc(C(C)(C)C)cc4)C(=O)NCCC(=O)O)cc3)nc2)cc1C. The summed E-state index contributed by atoms with van der Waals surface area (Å²) >= 11 is 0. The number of amides is 2. The number of carboxylic acid groups (broad SMARTS) is 1. The number of carboxylic acids is 1. The molecule has 9 nitrogen and oxygen atoms in total. The molecule has 3 aromatic carbocycles. The Balaban J connectivity index is 1.43. The van der Waals surface area contributed by atoms with E-state index in [9.17, 15) is 14.4 Å². The van der Waals surface area contributed by atoms with Crippen molar-refractivity contribution in [1.29, 1.82) is 0 Å². The van der Waals surface area contributed by atoms with Crippen LogP contribution in [0.3, 0.4) is 0 Å². The molecule has 2 amide bonds. The lowest BCUT2D eigenvalue weighted by molar-refractivity contribution is -0.137. The second-order valence-corrected chi connectivity index (χ2v) is 14.2. The third-order valence-electron chi connectivity index (χ3n) is 8.86. The number of nitrogens with zero attached hydrogens (tertiary/aromatic N) is 2. The molecule has 0 spiro atoms. The van der Waals surface area contributed by atoms with Gasteiger partial charge in [-0.25, -0.2) is 9.97 Å². The van der Waals surface area contributed by atoms with E-state index in [1.165, 1.54) is 25.7 Å². The third kappa shape index (κ3) is 11.5. The van der Waals surface area contributed by atoms with E-state index in [-0.39, 0.29) is 30.7 Å². The first-order chi connectivity index (χ1) is 24.3. The average Bonchev–Trinajstić information content (AvgIpc) is 3.10. The second-order valence-electron chi connectivity index (χ2n) is 14.2. The Bertz CT molecular complexity index is 1740. The molecule has 0 unspecified atom stereocenters. The average molecular weight is 693 g/mol. The maximum Gasteiger partial charge on any atom is 0.305 e. The molecule has 3 N–H and O–H groups in total. The number of unbranched alkanes of at least 4 members (excludes halogenated alkanes) is 4. The molecular weight excluding hydrogens is 640 g/mol. The van der Waals surface area contributed by atoms with Gasteiger partial charge in [0.25, 0.3) is 5.91 Å². The smallest absolute Gasteiger partial charge is 0.305 e. The number of carbonyl (C=O) groups excluding carboxylic acids is 2. The Hall–Kier alpha value is -5.05. The minimum absolute atomic E-state index is 0.0384. The maximum absolute atomic E-state index is 13.2. The summed E-state index contributed by atoms with van der Waals surface area (Å²) in [5.41, 5.74) is 7.20. The number of carbonyl (C=O) groups is 3. The number of ether oxygens (including phenoxy) is 1. The van der Waals surface area contributed by atoms with Crippen molar-refractivity contribution in [2.24, 2.45) is 0 Å². The van der Waals surface area contributed by atoms with Crippen LogP contribution in [0.4, 0.5) is 0 Å². The highest BCUT2D eigenvalue weighted by Crippen LogP contribution is 2.30. The van der Waals surface area contributed by atoms with Gasteiger partial charge in [0.1, 0.15) is 11.8 Å². The number of rotatable bonds is 17. The molecule has 270 valence electrons. The summed E-state index contributed by atoms with van der Waals surface area (Å²) in [4.78, 5) is 46.6. The summed E-state index contributed by atoms with van der Waals surface area (Å²) in [7, 11) is 0. The number of benzene rings is 3. The standard InChI is InChI=1S/C42H52N4O5/c1-7-8-9-10-11-22-51-38-28(2)23-33(24-29(38)3)34-26-44-39(45-27-34)31-14-12-30(13-15-31)25-36(41(50)43-21-20-37(47)48)46-40(49)32-16-18-35(19-17-32)42(4,5)6/h12-19,23-24,26-27,36H,7-11,20-22,25H2,1-6H3,(H,43,50)(H,46,49)(H,47,48)/t36-/m0/s1. The van der Waals surface area contributed by atoms with Gasteiger partial charge in [-0.3, -0.25) is 14.4 Å². The molecule has 9 heteroatoms. The number of aliphatic carboxylic acids is 1. The van der Waals surface area contributed by atoms with Gasteiger partial charge in [-0.2, -0.15) is 0 Å². The lowest BCUT2D eigenvalue weighted by Gasteiger charge is -2.20. The molecule has 4 aromatic rings. The summed E-state index contributed by atoms with van der Waals surface area (Å²) in [6.07, 6.45) is 9.64. The normalized spacial score (nSPS) is 11.9. The molecule has 0 aliphatic rings. The maximum atomic E-state index is 13.2. The fourth-order valence-electron chi connectivity index (χ4n) is 5.86. The van der Waals surface area contributed by atoms with Crippen LogP contribution in [-0.2, 0) is 21.4 Å². The zero-order chi connectivity index (χ0) is 37.0. The van der Waals surface area contributed by atoms with Crippen LogP contribution in [0.1, 0.15) is 98.8 Å². The highest BCUT2D eigenvalue weighted by atomic mass is 16.5. The van der Waals surface area contributed by atoms with Gasteiger partial charge >= 0.3 is 5.97 Å². The van der Waals surface area contributed by atoms with E-state index in [4.69, 9.17) is 9.84 Å². The van der Waals surface area contributed by atoms with E-state index in [0.717, 1.165) is 57.7 Å². The van der Waals surface area contributed by atoms with Crippen molar-refractivity contribution in [1.82, 2.24) is 20.6 Å². The zero-order valence-electron chi connectivity index (χ0n) is 30.8. The Labute approximate surface area is 302 Å². The van der Waals surface area contributed by atoms with Crippen LogP contribution in [0.2, 0.25) is 0 Å². The number of aromatic nitrogens is 2. The van der Waals surface area contributed by atoms with Gasteiger partial charge in [0.15, 0.2) is 5.82 Å². The van der Waals surface area contributed by atoms with Crippen LogP contribution >= 0.6 is 0 Å². The first-order valence-electron chi connectivity index (χ1n) is 17.9. The third-order valence-corrected chi connectivity index (χ3v) is 8.86. The minimum atomic E-state index is -1.02. The topological polar surface area (TPSA) is 131 Å². The van der Waals surface area contributed by atoms with Crippen LogP contribution in [0, 0.1) is 13.8 Å². The molecule has 0 aliphatic heterocycles. The monoisotopic (exact) mass is 692 g/mol. The zero-order valence-corrected chi connectivity index (χ0v) is 30.8. The fraction of sp³-hybridized carbons (Fsp3) is 0.405. The van der Waals surface area contributed by atoms with Crippen LogP contribution in [-0.4, -0.2) is 52.1 Å². The summed E-state index contributed by atoms with van der Waals surface area (Å²) in [5, 5.41) is 14.5. The Kier molecular flexibility index (Phi) is 13.9. The van der Waals surface area contributed by atoms with Crippen molar-refractivity contribution in [3.05, 3.63) is 101 Å². The number of nitrogens with one attached hydrogen (secondary N) is 2. The molecule has 1 aromatic heterocycles. The fourth-order valence-corrected chi connectivity index (χ4v) is 5.86. The predicted octanol–water partition coefficient (Wildman–Crippen LogP) is 8.01. The van der Waals surface area contributed by atoms with Crippen molar-refractivity contribution >= 4 is 17.8 Å². The van der Waals surface area contributed by atoms with E-state index in [1.807, 2.05) is 48.8 Å². The van der Waals surface area contributed by atoms with Crippen LogP contribution in [0.25, 0.3) is 22.5 Å². The molecule has 1 heterocycles. The van der Waals surface area contributed by atoms with Gasteiger partial charge < -0.3 is 20.5 Å². The summed E-state index contributed by atoms with van der Waals surface area (Å²) in [6.45, 7) is 13.3. The van der Waals surface area contributed by atoms with E-state index >= 15 is 0 Å². The Morgan fingerprint density at radius 1 is 0.824 bits per heavy atom. The number of hydrogen-bond acceptors (Lipinski definition) is 6. The molecule has 0 radical (unpaired) electrons. The van der Waals surface area contributed by atoms with E-state index in [1.54, 1.807) is 12.1 Å². The number of aryl methyl sites for hydroxylation is 2. The second kappa shape index (κ2) is 18.3. The van der Waals surface area contributed by atoms with Gasteiger partial charge in [0, 0.05) is 42.0 Å². The van der Waals surface area contributed by atoms with Crippen LogP contribution in [0.5, 0.6) is 5.75 Å². The van der Waals surface area contributed by atoms with Gasteiger partial charge in [-0.1, -0.05) is 89.8 Å². The Morgan fingerprint density at radius 2 is 1.45 bits per heavy atom.